The summed E-state index contributed by atoms with van der Waals surface area (Å²) in [6.07, 6.45) is 1.04. The number of fused-ring (bicyclic) bond motifs is 1. The minimum atomic E-state index is -3.46. The normalized spacial score (nSPS) is 14.7. The van der Waals surface area contributed by atoms with Gasteiger partial charge in [-0.15, -0.1) is 11.3 Å². The van der Waals surface area contributed by atoms with E-state index < -0.39 is 10.0 Å². The van der Waals surface area contributed by atoms with Gasteiger partial charge in [-0.25, -0.2) is 8.42 Å². The van der Waals surface area contributed by atoms with Crippen LogP contribution in [-0.4, -0.2) is 33.0 Å². The van der Waals surface area contributed by atoms with Crippen molar-refractivity contribution in [3.8, 4) is 11.8 Å². The SMILES string of the molecule is O=S(=O)(NCC#CCN1CCc2ccccc2C1)c1ccc(Br)s1. The third-order valence-electron chi connectivity index (χ3n) is 3.80. The van der Waals surface area contributed by atoms with E-state index >= 15 is 0 Å². The molecule has 24 heavy (non-hydrogen) atoms. The summed E-state index contributed by atoms with van der Waals surface area (Å²) in [5, 5.41) is 0. The van der Waals surface area contributed by atoms with Gasteiger partial charge < -0.3 is 0 Å². The summed E-state index contributed by atoms with van der Waals surface area (Å²) in [5.74, 6) is 5.96. The number of sulfonamides is 1. The van der Waals surface area contributed by atoms with Gasteiger partial charge in [-0.2, -0.15) is 4.72 Å². The van der Waals surface area contributed by atoms with Crippen LogP contribution in [0.3, 0.4) is 0 Å². The van der Waals surface area contributed by atoms with Gasteiger partial charge in [0.2, 0.25) is 0 Å². The van der Waals surface area contributed by atoms with Crippen LogP contribution < -0.4 is 4.72 Å². The maximum atomic E-state index is 12.0. The summed E-state index contributed by atoms with van der Waals surface area (Å²) in [5.41, 5.74) is 2.77. The van der Waals surface area contributed by atoms with Crippen molar-refractivity contribution >= 4 is 37.3 Å². The van der Waals surface area contributed by atoms with Gasteiger partial charge in [0, 0.05) is 13.1 Å². The largest absolute Gasteiger partial charge is 0.288 e. The van der Waals surface area contributed by atoms with Crippen molar-refractivity contribution in [2.45, 2.75) is 17.2 Å². The molecule has 1 N–H and O–H groups in total. The Balaban J connectivity index is 1.49. The van der Waals surface area contributed by atoms with Crippen molar-refractivity contribution in [1.82, 2.24) is 9.62 Å². The van der Waals surface area contributed by atoms with Crippen molar-refractivity contribution in [2.24, 2.45) is 0 Å². The highest BCUT2D eigenvalue weighted by Crippen LogP contribution is 2.25. The number of halogens is 1. The van der Waals surface area contributed by atoms with Crippen molar-refractivity contribution < 1.29 is 8.42 Å². The molecular weight excluding hydrogens is 408 g/mol. The van der Waals surface area contributed by atoms with Gasteiger partial charge in [-0.1, -0.05) is 36.1 Å². The highest BCUT2D eigenvalue weighted by atomic mass is 79.9. The molecule has 4 nitrogen and oxygen atoms in total. The maximum absolute atomic E-state index is 12.0. The number of benzene rings is 1. The smallest absolute Gasteiger partial charge is 0.250 e. The molecule has 0 atom stereocenters. The molecule has 0 bridgehead atoms. The molecule has 1 aliphatic heterocycles. The zero-order valence-electron chi connectivity index (χ0n) is 13.0. The van der Waals surface area contributed by atoms with E-state index in [0.717, 1.165) is 23.3 Å². The Morgan fingerprint density at radius 2 is 1.96 bits per heavy atom. The van der Waals surface area contributed by atoms with Crippen LogP contribution in [0.25, 0.3) is 0 Å². The summed E-state index contributed by atoms with van der Waals surface area (Å²) in [6, 6.07) is 11.8. The molecule has 0 aliphatic carbocycles. The Hall–Kier alpha value is -1.17. The molecule has 3 rings (SSSR count). The Labute approximate surface area is 155 Å². The van der Waals surface area contributed by atoms with E-state index in [1.165, 1.54) is 22.5 Å². The monoisotopic (exact) mass is 424 g/mol. The zero-order valence-corrected chi connectivity index (χ0v) is 16.2. The molecule has 0 saturated carbocycles. The van der Waals surface area contributed by atoms with E-state index in [0.29, 0.717) is 10.8 Å². The molecule has 0 spiro atoms. The first kappa shape index (κ1) is 17.6. The molecule has 1 aromatic carbocycles. The summed E-state index contributed by atoms with van der Waals surface area (Å²) in [7, 11) is -3.46. The minimum Gasteiger partial charge on any atom is -0.288 e. The number of nitrogens with one attached hydrogen (secondary N) is 1. The molecule has 1 aromatic heterocycles. The number of hydrogen-bond acceptors (Lipinski definition) is 4. The highest BCUT2D eigenvalue weighted by molar-refractivity contribution is 9.11. The van der Waals surface area contributed by atoms with Gasteiger partial charge in [-0.05, 0) is 45.6 Å². The third kappa shape index (κ3) is 4.47. The van der Waals surface area contributed by atoms with Gasteiger partial charge in [0.1, 0.15) is 4.21 Å². The second-order valence-corrected chi connectivity index (χ2v) is 9.92. The van der Waals surface area contributed by atoms with Crippen LogP contribution >= 0.6 is 27.3 Å². The van der Waals surface area contributed by atoms with Gasteiger partial charge in [0.15, 0.2) is 0 Å². The average Bonchev–Trinajstić information content (AvgIpc) is 3.02. The van der Waals surface area contributed by atoms with E-state index in [-0.39, 0.29) is 6.54 Å². The lowest BCUT2D eigenvalue weighted by atomic mass is 10.0. The molecule has 1 aliphatic rings. The molecule has 0 unspecified atom stereocenters. The summed E-state index contributed by atoms with van der Waals surface area (Å²) in [4.78, 5) is 2.28. The van der Waals surface area contributed by atoms with Crippen molar-refractivity contribution in [2.75, 3.05) is 19.6 Å². The minimum absolute atomic E-state index is 0.127. The number of hydrogen-bond donors (Lipinski definition) is 1. The lowest BCUT2D eigenvalue weighted by molar-refractivity contribution is 0.286. The Morgan fingerprint density at radius 3 is 2.71 bits per heavy atom. The van der Waals surface area contributed by atoms with Gasteiger partial charge >= 0.3 is 0 Å². The molecule has 0 radical (unpaired) electrons. The first-order valence-electron chi connectivity index (χ1n) is 7.54. The predicted octanol–water partition coefficient (Wildman–Crippen LogP) is 2.85. The molecule has 2 aromatic rings. The van der Waals surface area contributed by atoms with Crippen LogP contribution in [0.1, 0.15) is 11.1 Å². The van der Waals surface area contributed by atoms with E-state index in [1.54, 1.807) is 12.1 Å². The molecule has 126 valence electrons. The van der Waals surface area contributed by atoms with Crippen molar-refractivity contribution in [3.63, 3.8) is 0 Å². The Morgan fingerprint density at radius 1 is 1.17 bits per heavy atom. The molecule has 0 amide bonds. The van der Waals surface area contributed by atoms with Gasteiger partial charge in [0.05, 0.1) is 16.9 Å². The van der Waals surface area contributed by atoms with Gasteiger partial charge in [-0.3, -0.25) is 4.90 Å². The van der Waals surface area contributed by atoms with Crippen LogP contribution in [0.5, 0.6) is 0 Å². The maximum Gasteiger partial charge on any atom is 0.250 e. The van der Waals surface area contributed by atoms with E-state index in [1.807, 2.05) is 0 Å². The van der Waals surface area contributed by atoms with Crippen molar-refractivity contribution in [1.29, 1.82) is 0 Å². The quantitative estimate of drug-likeness (QED) is 0.767. The predicted molar refractivity (Wildman–Crippen MR) is 100 cm³/mol. The fraction of sp³-hybridized carbons (Fsp3) is 0.294. The lowest BCUT2D eigenvalue weighted by Crippen LogP contribution is -2.30. The topological polar surface area (TPSA) is 49.4 Å². The fourth-order valence-corrected chi connectivity index (χ4v) is 5.54. The van der Waals surface area contributed by atoms with E-state index in [4.69, 9.17) is 0 Å². The summed E-state index contributed by atoms with van der Waals surface area (Å²) < 4.78 is 27.7. The second-order valence-electron chi connectivity index (χ2n) is 5.47. The average molecular weight is 425 g/mol. The lowest BCUT2D eigenvalue weighted by Gasteiger charge is -2.26. The summed E-state index contributed by atoms with van der Waals surface area (Å²) >= 11 is 4.45. The van der Waals surface area contributed by atoms with Crippen LogP contribution in [0.4, 0.5) is 0 Å². The third-order valence-corrected chi connectivity index (χ3v) is 7.32. The molecule has 2 heterocycles. The standard InChI is InChI=1S/C17H17BrN2O2S2/c18-16-7-8-17(23-16)24(21,22)19-10-3-4-11-20-12-9-14-5-1-2-6-15(14)13-20/h1-2,5-8,19H,9-13H2. The number of thiophene rings is 1. The molecule has 0 fully saturated rings. The van der Waals surface area contributed by atoms with Gasteiger partial charge in [0.25, 0.3) is 10.0 Å². The number of nitrogens with zero attached hydrogens (tertiary/aromatic N) is 1. The van der Waals surface area contributed by atoms with Crippen LogP contribution in [-0.2, 0) is 23.0 Å². The Bertz CT molecular complexity index is 881. The molecule has 0 saturated heterocycles. The molecule has 7 heteroatoms. The summed E-state index contributed by atoms with van der Waals surface area (Å²) in [6.45, 7) is 2.67. The second kappa shape index (κ2) is 7.81. The highest BCUT2D eigenvalue weighted by Gasteiger charge is 2.15. The zero-order chi connectivity index (χ0) is 17.0. The first-order valence-corrected chi connectivity index (χ1v) is 10.6. The fourth-order valence-electron chi connectivity index (χ4n) is 2.56. The van der Waals surface area contributed by atoms with E-state index in [9.17, 15) is 8.42 Å². The molecular formula is C17H17BrN2O2S2. The van der Waals surface area contributed by atoms with E-state index in [2.05, 4.69) is 61.7 Å². The number of rotatable bonds is 4. The Kier molecular flexibility index (Phi) is 5.74. The first-order chi connectivity index (χ1) is 11.5. The van der Waals surface area contributed by atoms with Crippen LogP contribution in [0.15, 0.2) is 44.4 Å². The van der Waals surface area contributed by atoms with Crippen LogP contribution in [0, 0.1) is 11.8 Å². The van der Waals surface area contributed by atoms with Crippen molar-refractivity contribution in [3.05, 3.63) is 51.3 Å². The van der Waals surface area contributed by atoms with Crippen LogP contribution in [0.2, 0.25) is 0 Å².